The van der Waals surface area contributed by atoms with Crippen molar-refractivity contribution in [2.45, 2.75) is 32.4 Å². The number of aliphatic carboxylic acids is 1. The first-order chi connectivity index (χ1) is 8.23. The number of hydrogen-bond acceptors (Lipinski definition) is 5. The number of nitrogens with two attached hydrogens (primary N) is 1. The minimum atomic E-state index is -1.10. The average molecular weight is 257 g/mol. The van der Waals surface area contributed by atoms with E-state index in [4.69, 9.17) is 26.2 Å². The first kappa shape index (κ1) is 16.2. The van der Waals surface area contributed by atoms with Crippen LogP contribution in [0.3, 0.4) is 0 Å². The van der Waals surface area contributed by atoms with E-state index in [9.17, 15) is 4.79 Å². The normalized spacial score (nSPS) is 11.6. The Balaban J connectivity index is 0.000000631. The molecule has 0 radical (unpaired) electrons. The fourth-order valence-corrected chi connectivity index (χ4v) is 1.04. The van der Waals surface area contributed by atoms with Crippen molar-refractivity contribution in [2.24, 2.45) is 5.73 Å². The Morgan fingerprint density at radius 3 is 2.17 bits per heavy atom. The average Bonchev–Trinajstić information content (AvgIpc) is 2.22. The summed E-state index contributed by atoms with van der Waals surface area (Å²) in [6, 6.07) is 3.09. The van der Waals surface area contributed by atoms with Gasteiger partial charge in [-0.3, -0.25) is 4.79 Å². The second kappa shape index (κ2) is 7.52. The first-order valence-electron chi connectivity index (χ1n) is 5.41. The molecule has 18 heavy (non-hydrogen) atoms. The highest BCUT2D eigenvalue weighted by Gasteiger charge is 2.12. The number of rotatable bonds is 3. The Morgan fingerprint density at radius 2 is 1.78 bits per heavy atom. The number of benzene rings is 1. The fraction of sp³-hybridized carbons (Fsp3) is 0.417. The molecule has 0 fully saturated rings. The molecule has 0 amide bonds. The van der Waals surface area contributed by atoms with E-state index in [1.165, 1.54) is 18.2 Å². The van der Waals surface area contributed by atoms with Crippen molar-refractivity contribution in [1.82, 2.24) is 0 Å². The molecule has 102 valence electrons. The Kier molecular flexibility index (Phi) is 6.77. The van der Waals surface area contributed by atoms with Gasteiger partial charge in [0.05, 0.1) is 0 Å². The maximum atomic E-state index is 10.4. The zero-order valence-electron chi connectivity index (χ0n) is 10.4. The van der Waals surface area contributed by atoms with E-state index in [1.807, 2.05) is 0 Å². The second-order valence-corrected chi connectivity index (χ2v) is 4.07. The van der Waals surface area contributed by atoms with E-state index in [-0.39, 0.29) is 24.0 Å². The van der Waals surface area contributed by atoms with Crippen LogP contribution in [0.2, 0.25) is 0 Å². The first-order valence-corrected chi connectivity index (χ1v) is 5.41. The molecule has 0 saturated heterocycles. The standard InChI is InChI=1S/C9H11NO4.C3H8O/c10-6(9(13)14)3-5-1-2-7(11)8(12)4-5;1-3(2)4/h1-2,4,6,11-12H,3,10H2,(H,13,14);3-4H,1-2H3/t6-;/m0./s1. The van der Waals surface area contributed by atoms with Crippen molar-refractivity contribution in [3.63, 3.8) is 0 Å². The van der Waals surface area contributed by atoms with E-state index >= 15 is 0 Å². The Morgan fingerprint density at radius 1 is 1.28 bits per heavy atom. The third-order valence-corrected chi connectivity index (χ3v) is 1.81. The molecule has 0 aliphatic carbocycles. The van der Waals surface area contributed by atoms with Crippen LogP contribution < -0.4 is 5.73 Å². The van der Waals surface area contributed by atoms with Crippen LogP contribution in [0, 0.1) is 0 Å². The van der Waals surface area contributed by atoms with Crippen molar-refractivity contribution in [1.29, 1.82) is 0 Å². The number of carboxylic acids is 1. The van der Waals surface area contributed by atoms with Crippen LogP contribution >= 0.6 is 0 Å². The highest BCUT2D eigenvalue weighted by atomic mass is 16.4. The Hall–Kier alpha value is -1.79. The number of phenols is 2. The zero-order valence-corrected chi connectivity index (χ0v) is 10.4. The lowest BCUT2D eigenvalue weighted by Gasteiger charge is -2.06. The summed E-state index contributed by atoms with van der Waals surface area (Å²) in [6.45, 7) is 3.44. The minimum absolute atomic E-state index is 0.114. The minimum Gasteiger partial charge on any atom is -0.504 e. The van der Waals surface area contributed by atoms with Gasteiger partial charge in [-0.05, 0) is 38.0 Å². The van der Waals surface area contributed by atoms with Gasteiger partial charge in [-0.15, -0.1) is 0 Å². The summed E-state index contributed by atoms with van der Waals surface area (Å²) in [6.07, 6.45) is -0.0524. The van der Waals surface area contributed by atoms with Gasteiger partial charge < -0.3 is 26.2 Å². The van der Waals surface area contributed by atoms with Crippen LogP contribution in [0.5, 0.6) is 11.5 Å². The van der Waals surface area contributed by atoms with E-state index in [0.29, 0.717) is 5.56 Å². The topological polar surface area (TPSA) is 124 Å². The lowest BCUT2D eigenvalue weighted by atomic mass is 10.1. The van der Waals surface area contributed by atoms with Gasteiger partial charge in [-0.1, -0.05) is 6.07 Å². The smallest absolute Gasteiger partial charge is 0.320 e. The van der Waals surface area contributed by atoms with E-state index in [2.05, 4.69) is 0 Å². The number of carboxylic acid groups (broad SMARTS) is 1. The molecule has 0 spiro atoms. The van der Waals surface area contributed by atoms with Crippen LogP contribution in [0.25, 0.3) is 0 Å². The van der Waals surface area contributed by atoms with Crippen LogP contribution in [0.1, 0.15) is 19.4 Å². The molecule has 0 saturated carbocycles. The number of aliphatic hydroxyl groups is 1. The van der Waals surface area contributed by atoms with Crippen molar-refractivity contribution in [3.05, 3.63) is 23.8 Å². The van der Waals surface area contributed by atoms with Crippen LogP contribution in [0.4, 0.5) is 0 Å². The SMILES string of the molecule is CC(C)O.N[C@@H](Cc1ccc(O)c(O)c1)C(=O)O. The van der Waals surface area contributed by atoms with Gasteiger partial charge in [-0.25, -0.2) is 0 Å². The van der Waals surface area contributed by atoms with Gasteiger partial charge in [0.15, 0.2) is 11.5 Å². The van der Waals surface area contributed by atoms with Crippen molar-refractivity contribution in [3.8, 4) is 11.5 Å². The number of carbonyl (C=O) groups is 1. The molecule has 0 heterocycles. The van der Waals surface area contributed by atoms with Crippen LogP contribution in [-0.4, -0.2) is 38.5 Å². The highest BCUT2D eigenvalue weighted by molar-refractivity contribution is 5.73. The summed E-state index contributed by atoms with van der Waals surface area (Å²) in [5.74, 6) is -1.62. The molecular weight excluding hydrogens is 238 g/mol. The van der Waals surface area contributed by atoms with Gasteiger partial charge in [0, 0.05) is 6.10 Å². The van der Waals surface area contributed by atoms with Crippen LogP contribution in [-0.2, 0) is 11.2 Å². The van der Waals surface area contributed by atoms with Crippen molar-refractivity contribution >= 4 is 5.97 Å². The van der Waals surface area contributed by atoms with Gasteiger partial charge in [0.2, 0.25) is 0 Å². The molecule has 6 N–H and O–H groups in total. The van der Waals surface area contributed by atoms with E-state index in [1.54, 1.807) is 13.8 Å². The summed E-state index contributed by atoms with van der Waals surface area (Å²) in [5, 5.41) is 34.7. The van der Waals surface area contributed by atoms with E-state index in [0.717, 1.165) is 0 Å². The number of aromatic hydroxyl groups is 2. The predicted octanol–water partition coefficient (Wildman–Crippen LogP) is 0.439. The lowest BCUT2D eigenvalue weighted by Crippen LogP contribution is -2.32. The maximum absolute atomic E-state index is 10.4. The van der Waals surface area contributed by atoms with Crippen LogP contribution in [0.15, 0.2) is 18.2 Å². The maximum Gasteiger partial charge on any atom is 0.320 e. The fourth-order valence-electron chi connectivity index (χ4n) is 1.04. The zero-order chi connectivity index (χ0) is 14.3. The van der Waals surface area contributed by atoms with Gasteiger partial charge in [-0.2, -0.15) is 0 Å². The molecule has 0 aliphatic heterocycles. The Bertz CT molecular complexity index is 389. The second-order valence-electron chi connectivity index (χ2n) is 4.07. The highest BCUT2D eigenvalue weighted by Crippen LogP contribution is 2.25. The van der Waals surface area contributed by atoms with Crippen molar-refractivity contribution in [2.75, 3.05) is 0 Å². The van der Waals surface area contributed by atoms with Gasteiger partial charge in [0.1, 0.15) is 6.04 Å². The summed E-state index contributed by atoms with van der Waals surface area (Å²) in [4.78, 5) is 10.4. The molecule has 1 rings (SSSR count). The molecule has 0 bridgehead atoms. The summed E-state index contributed by atoms with van der Waals surface area (Å²) < 4.78 is 0. The van der Waals surface area contributed by atoms with Crippen molar-refractivity contribution < 1.29 is 25.2 Å². The molecule has 0 aliphatic rings. The number of hydrogen-bond donors (Lipinski definition) is 5. The molecular formula is C12H19NO5. The monoisotopic (exact) mass is 257 g/mol. The van der Waals surface area contributed by atoms with Gasteiger partial charge >= 0.3 is 5.97 Å². The number of aliphatic hydroxyl groups excluding tert-OH is 1. The summed E-state index contributed by atoms with van der Waals surface area (Å²) in [5.41, 5.74) is 5.86. The van der Waals surface area contributed by atoms with Gasteiger partial charge in [0.25, 0.3) is 0 Å². The molecule has 6 heteroatoms. The molecule has 0 unspecified atom stereocenters. The summed E-state index contributed by atoms with van der Waals surface area (Å²) in [7, 11) is 0. The number of phenolic OH excluding ortho intramolecular Hbond substituents is 2. The lowest BCUT2D eigenvalue weighted by molar-refractivity contribution is -0.138. The quantitative estimate of drug-likeness (QED) is 0.500. The predicted molar refractivity (Wildman–Crippen MR) is 66.4 cm³/mol. The largest absolute Gasteiger partial charge is 0.504 e. The third kappa shape index (κ3) is 6.72. The third-order valence-electron chi connectivity index (χ3n) is 1.81. The molecule has 1 aromatic rings. The summed E-state index contributed by atoms with van der Waals surface area (Å²) >= 11 is 0. The molecule has 1 aromatic carbocycles. The Labute approximate surface area is 105 Å². The molecule has 6 nitrogen and oxygen atoms in total. The molecule has 0 aromatic heterocycles. The van der Waals surface area contributed by atoms with E-state index < -0.39 is 12.0 Å². The molecule has 1 atom stereocenters.